The van der Waals surface area contributed by atoms with Crippen LogP contribution >= 0.6 is 0 Å². The van der Waals surface area contributed by atoms with E-state index in [2.05, 4.69) is 5.32 Å². The van der Waals surface area contributed by atoms with Crippen molar-refractivity contribution in [1.82, 2.24) is 5.32 Å². The Hall–Kier alpha value is -1.59. The van der Waals surface area contributed by atoms with Crippen LogP contribution in [0.1, 0.15) is 23.2 Å². The summed E-state index contributed by atoms with van der Waals surface area (Å²) in [7, 11) is 3.90. The zero-order chi connectivity index (χ0) is 15.2. The number of nitrogens with zero attached hydrogens (tertiary/aromatic N) is 1. The lowest BCUT2D eigenvalue weighted by Gasteiger charge is -2.14. The maximum Gasteiger partial charge on any atom is 0.251 e. The number of aliphatic hydroxyl groups is 1. The third kappa shape index (κ3) is 5.36. The van der Waals surface area contributed by atoms with Gasteiger partial charge in [0.1, 0.15) is 0 Å². The molecule has 0 aliphatic heterocycles. The Kier molecular flexibility index (Phi) is 5.59. The molecule has 5 heteroatoms. The summed E-state index contributed by atoms with van der Waals surface area (Å²) < 4.78 is 5.39. The van der Waals surface area contributed by atoms with Crippen molar-refractivity contribution in [3.63, 3.8) is 0 Å². The second kappa shape index (κ2) is 7.43. The highest BCUT2D eigenvalue weighted by atomic mass is 16.5. The highest BCUT2D eigenvalue weighted by Crippen LogP contribution is 2.28. The van der Waals surface area contributed by atoms with E-state index >= 15 is 0 Å². The second-order valence-corrected chi connectivity index (χ2v) is 5.79. The molecule has 0 radical (unpaired) electrons. The highest BCUT2D eigenvalue weighted by molar-refractivity contribution is 5.94. The van der Waals surface area contributed by atoms with Gasteiger partial charge in [-0.15, -0.1) is 0 Å². The van der Waals surface area contributed by atoms with Gasteiger partial charge in [-0.05, 0) is 43.0 Å². The highest BCUT2D eigenvalue weighted by Gasteiger charge is 2.21. The molecule has 21 heavy (non-hydrogen) atoms. The van der Waals surface area contributed by atoms with Gasteiger partial charge in [-0.3, -0.25) is 4.79 Å². The number of amides is 1. The van der Waals surface area contributed by atoms with Gasteiger partial charge >= 0.3 is 0 Å². The summed E-state index contributed by atoms with van der Waals surface area (Å²) in [5.74, 6) is 0.503. The molecule has 1 aliphatic carbocycles. The largest absolute Gasteiger partial charge is 0.389 e. The fraction of sp³-hybridized carbons (Fsp3) is 0.562. The molecule has 1 aromatic carbocycles. The lowest BCUT2D eigenvalue weighted by molar-refractivity contribution is 0.0320. The van der Waals surface area contributed by atoms with Gasteiger partial charge in [0, 0.05) is 38.5 Å². The Morgan fingerprint density at radius 1 is 1.38 bits per heavy atom. The first kappa shape index (κ1) is 15.8. The van der Waals surface area contributed by atoms with Gasteiger partial charge in [0.25, 0.3) is 5.91 Å². The third-order valence-electron chi connectivity index (χ3n) is 3.50. The zero-order valence-corrected chi connectivity index (χ0v) is 12.7. The Bertz CT molecular complexity index is 455. The number of nitrogens with one attached hydrogen (secondary N) is 1. The number of ether oxygens (including phenoxy) is 1. The lowest BCUT2D eigenvalue weighted by Crippen LogP contribution is -2.34. The average Bonchev–Trinajstić information content (AvgIpc) is 3.29. The van der Waals surface area contributed by atoms with E-state index in [0.717, 1.165) is 12.3 Å². The normalized spacial score (nSPS) is 15.6. The molecule has 0 spiro atoms. The number of anilines is 1. The Morgan fingerprint density at radius 3 is 2.62 bits per heavy atom. The van der Waals surface area contributed by atoms with Crippen LogP contribution in [0.2, 0.25) is 0 Å². The van der Waals surface area contributed by atoms with Crippen molar-refractivity contribution in [2.75, 3.05) is 38.8 Å². The molecule has 116 valence electrons. The van der Waals surface area contributed by atoms with Crippen molar-refractivity contribution in [2.45, 2.75) is 18.9 Å². The zero-order valence-electron chi connectivity index (χ0n) is 12.7. The smallest absolute Gasteiger partial charge is 0.251 e. The standard InChI is InChI=1S/C16H24N2O3/c1-18(2)14-7-5-13(6-8-14)16(20)17-9-15(19)11-21-10-12-3-4-12/h5-8,12,15,19H,3-4,9-11H2,1-2H3,(H,17,20). The molecule has 1 amide bonds. The molecule has 0 heterocycles. The summed E-state index contributed by atoms with van der Waals surface area (Å²) in [6.07, 6.45) is 1.81. The van der Waals surface area contributed by atoms with Crippen LogP contribution in [0.25, 0.3) is 0 Å². The summed E-state index contributed by atoms with van der Waals surface area (Å²) in [4.78, 5) is 13.9. The molecule has 2 N–H and O–H groups in total. The Morgan fingerprint density at radius 2 is 2.05 bits per heavy atom. The van der Waals surface area contributed by atoms with E-state index in [1.807, 2.05) is 31.1 Å². The SMILES string of the molecule is CN(C)c1ccc(C(=O)NCC(O)COCC2CC2)cc1. The van der Waals surface area contributed by atoms with Gasteiger partial charge in [-0.1, -0.05) is 0 Å². The van der Waals surface area contributed by atoms with Crippen molar-refractivity contribution in [1.29, 1.82) is 0 Å². The monoisotopic (exact) mass is 292 g/mol. The molecule has 0 saturated heterocycles. The third-order valence-corrected chi connectivity index (χ3v) is 3.50. The van der Waals surface area contributed by atoms with Crippen molar-refractivity contribution in [2.24, 2.45) is 5.92 Å². The molecule has 1 aliphatic rings. The van der Waals surface area contributed by atoms with E-state index in [4.69, 9.17) is 4.74 Å². The minimum atomic E-state index is -0.659. The molecule has 0 bridgehead atoms. The minimum Gasteiger partial charge on any atom is -0.389 e. The first-order chi connectivity index (χ1) is 10.1. The van der Waals surface area contributed by atoms with E-state index in [-0.39, 0.29) is 19.1 Å². The van der Waals surface area contributed by atoms with Crippen molar-refractivity contribution < 1.29 is 14.6 Å². The van der Waals surface area contributed by atoms with Gasteiger partial charge in [-0.2, -0.15) is 0 Å². The first-order valence-electron chi connectivity index (χ1n) is 7.37. The number of carbonyl (C=O) groups is 1. The average molecular weight is 292 g/mol. The van der Waals surface area contributed by atoms with Crippen LogP contribution in [0.5, 0.6) is 0 Å². The molecule has 1 atom stereocenters. The number of rotatable bonds is 8. The number of carbonyl (C=O) groups excluding carboxylic acids is 1. The van der Waals surface area contributed by atoms with Crippen molar-refractivity contribution in [3.05, 3.63) is 29.8 Å². The fourth-order valence-corrected chi connectivity index (χ4v) is 1.94. The summed E-state index contributed by atoms with van der Waals surface area (Å²) in [5, 5.41) is 12.5. The predicted molar refractivity (Wildman–Crippen MR) is 82.7 cm³/mol. The van der Waals surface area contributed by atoms with Gasteiger partial charge in [0.15, 0.2) is 0 Å². The summed E-state index contributed by atoms with van der Waals surface area (Å²) in [6.45, 7) is 1.20. The Labute approximate surface area is 125 Å². The van der Waals surface area contributed by atoms with E-state index in [1.165, 1.54) is 12.8 Å². The first-order valence-corrected chi connectivity index (χ1v) is 7.37. The summed E-state index contributed by atoms with van der Waals surface area (Å²) >= 11 is 0. The number of aliphatic hydroxyl groups excluding tert-OH is 1. The van der Waals surface area contributed by atoms with Crippen molar-refractivity contribution in [3.8, 4) is 0 Å². The maximum absolute atomic E-state index is 11.9. The van der Waals surface area contributed by atoms with E-state index in [9.17, 15) is 9.90 Å². The molecule has 1 unspecified atom stereocenters. The molecule has 5 nitrogen and oxygen atoms in total. The molecule has 0 aromatic heterocycles. The van der Waals surface area contributed by atoms with E-state index in [1.54, 1.807) is 12.1 Å². The van der Waals surface area contributed by atoms with Gasteiger partial charge in [-0.25, -0.2) is 0 Å². The number of benzene rings is 1. The summed E-state index contributed by atoms with van der Waals surface area (Å²) in [5.41, 5.74) is 1.63. The fourth-order valence-electron chi connectivity index (χ4n) is 1.94. The predicted octanol–water partition coefficient (Wildman–Crippen LogP) is 1.27. The molecule has 1 aromatic rings. The van der Waals surface area contributed by atoms with Gasteiger partial charge in [0.2, 0.25) is 0 Å². The van der Waals surface area contributed by atoms with Crippen LogP contribution in [0.15, 0.2) is 24.3 Å². The van der Waals surface area contributed by atoms with Gasteiger partial charge < -0.3 is 20.1 Å². The van der Waals surface area contributed by atoms with E-state index < -0.39 is 6.10 Å². The maximum atomic E-state index is 11.9. The topological polar surface area (TPSA) is 61.8 Å². The number of hydrogen-bond donors (Lipinski definition) is 2. The minimum absolute atomic E-state index is 0.179. The van der Waals surface area contributed by atoms with Crippen LogP contribution in [0.4, 0.5) is 5.69 Å². The molecule has 1 saturated carbocycles. The molecule has 1 fully saturated rings. The van der Waals surface area contributed by atoms with Crippen molar-refractivity contribution >= 4 is 11.6 Å². The second-order valence-electron chi connectivity index (χ2n) is 5.79. The van der Waals surface area contributed by atoms with Gasteiger partial charge in [0.05, 0.1) is 12.7 Å². The van der Waals surface area contributed by atoms with Crippen LogP contribution in [0, 0.1) is 5.92 Å². The van der Waals surface area contributed by atoms with Crippen LogP contribution in [0.3, 0.4) is 0 Å². The van der Waals surface area contributed by atoms with E-state index in [0.29, 0.717) is 11.5 Å². The van der Waals surface area contributed by atoms with Crippen LogP contribution in [-0.4, -0.2) is 51.0 Å². The Balaban J connectivity index is 1.69. The molecular weight excluding hydrogens is 268 g/mol. The molecular formula is C16H24N2O3. The van der Waals surface area contributed by atoms with Crippen LogP contribution in [-0.2, 0) is 4.74 Å². The number of hydrogen-bond acceptors (Lipinski definition) is 4. The molecule has 2 rings (SSSR count). The lowest BCUT2D eigenvalue weighted by atomic mass is 10.2. The quantitative estimate of drug-likeness (QED) is 0.757. The summed E-state index contributed by atoms with van der Waals surface area (Å²) in [6, 6.07) is 7.34. The van der Waals surface area contributed by atoms with Crippen LogP contribution < -0.4 is 10.2 Å².